The van der Waals surface area contributed by atoms with Gasteiger partial charge in [-0.1, -0.05) is 40.5 Å². The van der Waals surface area contributed by atoms with Crippen LogP contribution < -0.4 is 11.3 Å². The minimum Gasteiger partial charge on any atom is -0.302 e. The molecule has 0 saturated carbocycles. The molecule has 0 bridgehead atoms. The maximum absolute atomic E-state index is 5.83. The first-order chi connectivity index (χ1) is 8.02. The standard InChI is InChI=1S/C14H33N3/c1-7-12(8-2)11-13(16-15)14(9-3,10-4)17(5)6/h12-13,16H,7-11,15H2,1-6H3. The summed E-state index contributed by atoms with van der Waals surface area (Å²) in [6, 6.07) is 0.373. The lowest BCUT2D eigenvalue weighted by Gasteiger charge is -2.46. The predicted molar refractivity (Wildman–Crippen MR) is 76.8 cm³/mol. The molecular weight excluding hydrogens is 210 g/mol. The summed E-state index contributed by atoms with van der Waals surface area (Å²) < 4.78 is 0. The molecule has 0 rings (SSSR count). The Bertz CT molecular complexity index is 184. The highest BCUT2D eigenvalue weighted by molar-refractivity contribution is 4.96. The molecule has 0 spiro atoms. The maximum Gasteiger partial charge on any atom is 0.0396 e. The Labute approximate surface area is 108 Å². The van der Waals surface area contributed by atoms with Crippen molar-refractivity contribution in [3.05, 3.63) is 0 Å². The molecule has 104 valence electrons. The summed E-state index contributed by atoms with van der Waals surface area (Å²) in [5.41, 5.74) is 3.26. The number of hydrogen-bond acceptors (Lipinski definition) is 3. The normalized spacial score (nSPS) is 14.6. The lowest BCUT2D eigenvalue weighted by atomic mass is 9.78. The third-order valence-corrected chi connectivity index (χ3v) is 4.69. The van der Waals surface area contributed by atoms with Crippen molar-refractivity contribution >= 4 is 0 Å². The molecule has 0 aromatic rings. The SMILES string of the molecule is CCC(CC)CC(NN)C(CC)(CC)N(C)C. The van der Waals surface area contributed by atoms with E-state index in [1.807, 2.05) is 0 Å². The van der Waals surface area contributed by atoms with E-state index in [1.54, 1.807) is 0 Å². The van der Waals surface area contributed by atoms with Crippen molar-refractivity contribution in [2.75, 3.05) is 14.1 Å². The van der Waals surface area contributed by atoms with Crippen molar-refractivity contribution in [1.82, 2.24) is 10.3 Å². The van der Waals surface area contributed by atoms with E-state index in [2.05, 4.69) is 52.1 Å². The number of hydrogen-bond donors (Lipinski definition) is 2. The maximum atomic E-state index is 5.83. The molecule has 3 N–H and O–H groups in total. The van der Waals surface area contributed by atoms with E-state index in [4.69, 9.17) is 5.84 Å². The predicted octanol–water partition coefficient (Wildman–Crippen LogP) is 2.77. The van der Waals surface area contributed by atoms with Gasteiger partial charge in [-0.2, -0.15) is 0 Å². The zero-order chi connectivity index (χ0) is 13.5. The van der Waals surface area contributed by atoms with Gasteiger partial charge in [0.05, 0.1) is 0 Å². The largest absolute Gasteiger partial charge is 0.302 e. The van der Waals surface area contributed by atoms with Gasteiger partial charge in [-0.3, -0.25) is 11.3 Å². The molecular formula is C14H33N3. The topological polar surface area (TPSA) is 41.3 Å². The van der Waals surface area contributed by atoms with Gasteiger partial charge in [0.15, 0.2) is 0 Å². The molecule has 0 heterocycles. The van der Waals surface area contributed by atoms with Gasteiger partial charge in [0.1, 0.15) is 0 Å². The molecule has 0 aliphatic rings. The fourth-order valence-electron chi connectivity index (χ4n) is 3.08. The molecule has 0 aromatic carbocycles. The summed E-state index contributed by atoms with van der Waals surface area (Å²) in [4.78, 5) is 2.35. The molecule has 0 fully saturated rings. The molecule has 0 saturated heterocycles. The fourth-order valence-corrected chi connectivity index (χ4v) is 3.08. The van der Waals surface area contributed by atoms with Crippen molar-refractivity contribution in [2.45, 2.75) is 71.4 Å². The third kappa shape index (κ3) is 3.94. The van der Waals surface area contributed by atoms with Crippen molar-refractivity contribution < 1.29 is 0 Å². The van der Waals surface area contributed by atoms with Crippen LogP contribution in [0.25, 0.3) is 0 Å². The highest BCUT2D eigenvalue weighted by atomic mass is 15.3. The molecule has 3 nitrogen and oxygen atoms in total. The molecule has 0 radical (unpaired) electrons. The van der Waals surface area contributed by atoms with Crippen LogP contribution >= 0.6 is 0 Å². The zero-order valence-electron chi connectivity index (χ0n) is 12.7. The van der Waals surface area contributed by atoms with E-state index >= 15 is 0 Å². The summed E-state index contributed by atoms with van der Waals surface area (Å²) in [7, 11) is 4.34. The highest BCUT2D eigenvalue weighted by Gasteiger charge is 2.37. The highest BCUT2D eigenvalue weighted by Crippen LogP contribution is 2.30. The van der Waals surface area contributed by atoms with Gasteiger partial charge in [-0.25, -0.2) is 0 Å². The van der Waals surface area contributed by atoms with Gasteiger partial charge in [-0.15, -0.1) is 0 Å². The summed E-state index contributed by atoms with van der Waals surface area (Å²) >= 11 is 0. The van der Waals surface area contributed by atoms with Crippen LogP contribution in [-0.4, -0.2) is 30.6 Å². The molecule has 0 aliphatic heterocycles. The van der Waals surface area contributed by atoms with Crippen LogP contribution in [0.4, 0.5) is 0 Å². The Morgan fingerprint density at radius 2 is 1.53 bits per heavy atom. The Morgan fingerprint density at radius 1 is 1.06 bits per heavy atom. The number of likely N-dealkylation sites (N-methyl/N-ethyl adjacent to an activating group) is 1. The Balaban J connectivity index is 4.90. The van der Waals surface area contributed by atoms with Crippen LogP contribution in [0.5, 0.6) is 0 Å². The van der Waals surface area contributed by atoms with Crippen LogP contribution in [0.15, 0.2) is 0 Å². The third-order valence-electron chi connectivity index (χ3n) is 4.69. The average molecular weight is 243 g/mol. The summed E-state index contributed by atoms with van der Waals surface area (Å²) in [6.07, 6.45) is 5.91. The van der Waals surface area contributed by atoms with Crippen LogP contribution in [0.2, 0.25) is 0 Å². The van der Waals surface area contributed by atoms with E-state index < -0.39 is 0 Å². The minimum atomic E-state index is 0.178. The van der Waals surface area contributed by atoms with E-state index in [9.17, 15) is 0 Å². The zero-order valence-corrected chi connectivity index (χ0v) is 12.7. The number of nitrogens with one attached hydrogen (secondary N) is 1. The molecule has 1 unspecified atom stereocenters. The summed E-state index contributed by atoms with van der Waals surface area (Å²) in [5.74, 6) is 6.60. The molecule has 3 heteroatoms. The lowest BCUT2D eigenvalue weighted by Crippen LogP contribution is -2.60. The van der Waals surface area contributed by atoms with Crippen LogP contribution in [-0.2, 0) is 0 Å². The quantitative estimate of drug-likeness (QED) is 0.483. The average Bonchev–Trinajstić information content (AvgIpc) is 2.34. The summed E-state index contributed by atoms with van der Waals surface area (Å²) in [6.45, 7) is 9.08. The van der Waals surface area contributed by atoms with Gasteiger partial charge in [0.2, 0.25) is 0 Å². The number of rotatable bonds is 9. The lowest BCUT2D eigenvalue weighted by molar-refractivity contribution is 0.0749. The van der Waals surface area contributed by atoms with Crippen molar-refractivity contribution in [2.24, 2.45) is 11.8 Å². The molecule has 0 aliphatic carbocycles. The molecule has 0 amide bonds. The van der Waals surface area contributed by atoms with Crippen molar-refractivity contribution in [3.63, 3.8) is 0 Å². The van der Waals surface area contributed by atoms with Gasteiger partial charge in [0.25, 0.3) is 0 Å². The van der Waals surface area contributed by atoms with Crippen molar-refractivity contribution in [3.8, 4) is 0 Å². The molecule has 0 aromatic heterocycles. The number of nitrogens with zero attached hydrogens (tertiary/aromatic N) is 1. The van der Waals surface area contributed by atoms with Crippen molar-refractivity contribution in [1.29, 1.82) is 0 Å². The fraction of sp³-hybridized carbons (Fsp3) is 1.00. The Morgan fingerprint density at radius 3 is 1.76 bits per heavy atom. The van der Waals surface area contributed by atoms with Gasteiger partial charge >= 0.3 is 0 Å². The van der Waals surface area contributed by atoms with Gasteiger partial charge < -0.3 is 4.90 Å². The van der Waals surface area contributed by atoms with Gasteiger partial charge in [-0.05, 0) is 39.3 Å². The molecule has 1 atom stereocenters. The second kappa shape index (κ2) is 8.06. The monoisotopic (exact) mass is 243 g/mol. The first-order valence-corrected chi connectivity index (χ1v) is 7.15. The smallest absolute Gasteiger partial charge is 0.0396 e. The van der Waals surface area contributed by atoms with Crippen LogP contribution in [0.1, 0.15) is 59.8 Å². The summed E-state index contributed by atoms with van der Waals surface area (Å²) in [5, 5.41) is 0. The second-order valence-corrected chi connectivity index (χ2v) is 5.34. The first-order valence-electron chi connectivity index (χ1n) is 7.15. The second-order valence-electron chi connectivity index (χ2n) is 5.34. The number of nitrogens with two attached hydrogens (primary N) is 1. The van der Waals surface area contributed by atoms with E-state index in [0.717, 1.165) is 18.8 Å². The Hall–Kier alpha value is -0.120. The van der Waals surface area contributed by atoms with Gasteiger partial charge in [0, 0.05) is 11.6 Å². The minimum absolute atomic E-state index is 0.178. The first kappa shape index (κ1) is 16.9. The van der Waals surface area contributed by atoms with E-state index in [0.29, 0.717) is 6.04 Å². The number of hydrazine groups is 1. The van der Waals surface area contributed by atoms with E-state index in [1.165, 1.54) is 19.3 Å². The van der Waals surface area contributed by atoms with Crippen LogP contribution in [0, 0.1) is 5.92 Å². The van der Waals surface area contributed by atoms with E-state index in [-0.39, 0.29) is 5.54 Å². The molecule has 17 heavy (non-hydrogen) atoms. The Kier molecular flexibility index (Phi) is 8.01. The van der Waals surface area contributed by atoms with Crippen LogP contribution in [0.3, 0.4) is 0 Å².